The monoisotopic (exact) mass is 302 g/mol. The Morgan fingerprint density at radius 3 is 2.55 bits per heavy atom. The van der Waals surface area contributed by atoms with Crippen molar-refractivity contribution in [3.8, 4) is 0 Å². The Morgan fingerprint density at radius 2 is 1.73 bits per heavy atom. The summed E-state index contributed by atoms with van der Waals surface area (Å²) in [7, 11) is 0. The van der Waals surface area contributed by atoms with E-state index in [9.17, 15) is 0 Å². The van der Waals surface area contributed by atoms with E-state index >= 15 is 0 Å². The second kappa shape index (κ2) is 8.69. The van der Waals surface area contributed by atoms with Crippen molar-refractivity contribution in [1.29, 1.82) is 0 Å². The van der Waals surface area contributed by atoms with Crippen molar-refractivity contribution in [3.05, 3.63) is 35.9 Å². The Balaban J connectivity index is 1.35. The molecule has 1 aromatic rings. The lowest BCUT2D eigenvalue weighted by molar-refractivity contribution is -0.0936. The third-order valence-electron chi connectivity index (χ3n) is 5.25. The van der Waals surface area contributed by atoms with Gasteiger partial charge in [0.15, 0.2) is 0 Å². The summed E-state index contributed by atoms with van der Waals surface area (Å²) in [5.41, 5.74) is 1.26. The van der Waals surface area contributed by atoms with Gasteiger partial charge < -0.3 is 9.47 Å². The quantitative estimate of drug-likeness (QED) is 0.680. The van der Waals surface area contributed by atoms with Crippen LogP contribution in [0.1, 0.15) is 63.4 Å². The molecule has 1 saturated carbocycles. The van der Waals surface area contributed by atoms with E-state index in [1.165, 1.54) is 56.9 Å². The van der Waals surface area contributed by atoms with Crippen LogP contribution < -0.4 is 0 Å². The minimum atomic E-state index is 0.427. The predicted molar refractivity (Wildman–Crippen MR) is 89.8 cm³/mol. The largest absolute Gasteiger partial charge is 0.377 e. The zero-order chi connectivity index (χ0) is 15.0. The molecule has 0 aromatic heterocycles. The molecule has 2 atom stereocenters. The number of benzene rings is 1. The Hall–Kier alpha value is -0.860. The van der Waals surface area contributed by atoms with E-state index < -0.39 is 0 Å². The molecule has 0 spiro atoms. The molecular formula is C20H30O2. The Bertz CT molecular complexity index is 411. The van der Waals surface area contributed by atoms with Crippen molar-refractivity contribution in [1.82, 2.24) is 0 Å². The van der Waals surface area contributed by atoms with E-state index in [2.05, 4.69) is 24.3 Å². The van der Waals surface area contributed by atoms with Gasteiger partial charge in [0.2, 0.25) is 0 Å². The van der Waals surface area contributed by atoms with Crippen molar-refractivity contribution < 1.29 is 9.47 Å². The van der Waals surface area contributed by atoms with Crippen LogP contribution in [0.25, 0.3) is 0 Å². The average molecular weight is 302 g/mol. The summed E-state index contributed by atoms with van der Waals surface area (Å²) in [6.45, 7) is 1.54. The van der Waals surface area contributed by atoms with E-state index in [0.717, 1.165) is 25.6 Å². The molecule has 1 aliphatic carbocycles. The average Bonchev–Trinajstić information content (AvgIpc) is 2.61. The molecule has 122 valence electrons. The van der Waals surface area contributed by atoms with Crippen LogP contribution in [0.15, 0.2) is 30.3 Å². The van der Waals surface area contributed by atoms with Crippen LogP contribution in [0.4, 0.5) is 0 Å². The van der Waals surface area contributed by atoms with Gasteiger partial charge in [0.25, 0.3) is 0 Å². The van der Waals surface area contributed by atoms with Crippen molar-refractivity contribution >= 4 is 0 Å². The molecule has 1 unspecified atom stereocenters. The van der Waals surface area contributed by atoms with Gasteiger partial charge in [0.05, 0.1) is 18.8 Å². The summed E-state index contributed by atoms with van der Waals surface area (Å²) in [5, 5.41) is 0. The summed E-state index contributed by atoms with van der Waals surface area (Å²) in [6.07, 6.45) is 12.9. The molecule has 2 fully saturated rings. The van der Waals surface area contributed by atoms with E-state index in [1.54, 1.807) is 0 Å². The Morgan fingerprint density at radius 1 is 0.909 bits per heavy atom. The number of rotatable bonds is 6. The van der Waals surface area contributed by atoms with E-state index in [-0.39, 0.29) is 0 Å². The highest BCUT2D eigenvalue weighted by molar-refractivity contribution is 5.13. The SMILES string of the molecule is c1ccc(COCCC2CCC[C@H](C3CCCCC3)O2)cc1. The predicted octanol–water partition coefficient (Wildman–Crippen LogP) is 5.11. The highest BCUT2D eigenvalue weighted by Gasteiger charge is 2.29. The summed E-state index contributed by atoms with van der Waals surface area (Å²) in [6, 6.07) is 10.4. The Labute approximate surface area is 135 Å². The smallest absolute Gasteiger partial charge is 0.0716 e. The van der Waals surface area contributed by atoms with Gasteiger partial charge in [-0.25, -0.2) is 0 Å². The third kappa shape index (κ3) is 4.82. The van der Waals surface area contributed by atoms with Crippen LogP contribution in [0, 0.1) is 5.92 Å². The van der Waals surface area contributed by atoms with Gasteiger partial charge in [-0.3, -0.25) is 0 Å². The minimum absolute atomic E-state index is 0.427. The van der Waals surface area contributed by atoms with Gasteiger partial charge in [-0.2, -0.15) is 0 Å². The molecule has 1 saturated heterocycles. The number of hydrogen-bond donors (Lipinski definition) is 0. The first-order chi connectivity index (χ1) is 10.9. The number of ether oxygens (including phenoxy) is 2. The maximum atomic E-state index is 6.40. The lowest BCUT2D eigenvalue weighted by Crippen LogP contribution is -2.34. The molecule has 0 amide bonds. The highest BCUT2D eigenvalue weighted by Crippen LogP contribution is 2.34. The molecule has 1 aliphatic heterocycles. The first-order valence-corrected chi connectivity index (χ1v) is 9.19. The number of hydrogen-bond acceptors (Lipinski definition) is 2. The fraction of sp³-hybridized carbons (Fsp3) is 0.700. The fourth-order valence-corrected chi connectivity index (χ4v) is 3.97. The topological polar surface area (TPSA) is 18.5 Å². The summed E-state index contributed by atoms with van der Waals surface area (Å²) in [5.74, 6) is 0.835. The van der Waals surface area contributed by atoms with Gasteiger partial charge in [-0.1, -0.05) is 49.6 Å². The highest BCUT2D eigenvalue weighted by atomic mass is 16.5. The first-order valence-electron chi connectivity index (χ1n) is 9.19. The van der Waals surface area contributed by atoms with Crippen LogP contribution in [-0.4, -0.2) is 18.8 Å². The molecule has 2 aliphatic rings. The van der Waals surface area contributed by atoms with Crippen molar-refractivity contribution in [2.45, 2.75) is 76.6 Å². The van der Waals surface area contributed by atoms with Crippen LogP contribution in [0.3, 0.4) is 0 Å². The maximum absolute atomic E-state index is 6.40. The van der Waals surface area contributed by atoms with Crippen molar-refractivity contribution in [2.75, 3.05) is 6.61 Å². The summed E-state index contributed by atoms with van der Waals surface area (Å²) >= 11 is 0. The molecule has 1 aromatic carbocycles. The summed E-state index contributed by atoms with van der Waals surface area (Å²) in [4.78, 5) is 0. The van der Waals surface area contributed by atoms with Crippen LogP contribution >= 0.6 is 0 Å². The van der Waals surface area contributed by atoms with E-state index in [4.69, 9.17) is 9.47 Å². The molecule has 22 heavy (non-hydrogen) atoms. The van der Waals surface area contributed by atoms with Crippen LogP contribution in [-0.2, 0) is 16.1 Å². The molecule has 0 bridgehead atoms. The standard InChI is InChI=1S/C20H30O2/c1-3-8-17(9-4-1)16-21-15-14-19-12-7-13-20(22-19)18-10-5-2-6-11-18/h1,3-4,8-9,18-20H,2,5-7,10-16H2/t19?,20-/m1/s1. The van der Waals surface area contributed by atoms with Gasteiger partial charge in [0, 0.05) is 6.61 Å². The lowest BCUT2D eigenvalue weighted by Gasteiger charge is -2.37. The van der Waals surface area contributed by atoms with Crippen molar-refractivity contribution in [3.63, 3.8) is 0 Å². The fourth-order valence-electron chi connectivity index (χ4n) is 3.97. The zero-order valence-electron chi connectivity index (χ0n) is 13.7. The Kier molecular flexibility index (Phi) is 6.32. The van der Waals surface area contributed by atoms with E-state index in [1.807, 2.05) is 6.07 Å². The van der Waals surface area contributed by atoms with Crippen LogP contribution in [0.2, 0.25) is 0 Å². The molecule has 0 radical (unpaired) electrons. The second-order valence-corrected chi connectivity index (χ2v) is 6.95. The minimum Gasteiger partial charge on any atom is -0.377 e. The van der Waals surface area contributed by atoms with Crippen LogP contribution in [0.5, 0.6) is 0 Å². The molecule has 2 nitrogen and oxygen atoms in total. The molecule has 0 N–H and O–H groups in total. The molecule has 1 heterocycles. The molecule has 3 rings (SSSR count). The van der Waals surface area contributed by atoms with Gasteiger partial charge >= 0.3 is 0 Å². The third-order valence-corrected chi connectivity index (χ3v) is 5.25. The zero-order valence-corrected chi connectivity index (χ0v) is 13.7. The van der Waals surface area contributed by atoms with E-state index in [0.29, 0.717) is 12.2 Å². The van der Waals surface area contributed by atoms with Gasteiger partial charge in [-0.05, 0) is 50.0 Å². The lowest BCUT2D eigenvalue weighted by atomic mass is 9.82. The second-order valence-electron chi connectivity index (χ2n) is 6.95. The van der Waals surface area contributed by atoms with Crippen molar-refractivity contribution in [2.24, 2.45) is 5.92 Å². The molecule has 2 heteroatoms. The normalized spacial score (nSPS) is 26.9. The van der Waals surface area contributed by atoms with Gasteiger partial charge in [-0.15, -0.1) is 0 Å². The molecular weight excluding hydrogens is 272 g/mol. The van der Waals surface area contributed by atoms with Gasteiger partial charge in [0.1, 0.15) is 0 Å². The maximum Gasteiger partial charge on any atom is 0.0716 e. The first kappa shape index (κ1) is 16.0. The summed E-state index contributed by atoms with van der Waals surface area (Å²) < 4.78 is 12.2.